The molecule has 0 radical (unpaired) electrons. The third-order valence-corrected chi connectivity index (χ3v) is 4.64. The van der Waals surface area contributed by atoms with Crippen LogP contribution in [0, 0.1) is 15.9 Å². The highest BCUT2D eigenvalue weighted by molar-refractivity contribution is 7.80. The summed E-state index contributed by atoms with van der Waals surface area (Å²) in [5.41, 5.74) is 1.87. The molecule has 1 fully saturated rings. The molecule has 0 bridgehead atoms. The van der Waals surface area contributed by atoms with E-state index >= 15 is 0 Å². The molecule has 1 amide bonds. The number of carbonyl (C=O) groups excluding carboxylic acids is 1. The molecule has 1 saturated heterocycles. The molecule has 3 aromatic rings. The Kier molecular flexibility index (Phi) is 4.65. The lowest BCUT2D eigenvalue weighted by Crippen LogP contribution is -2.30. The van der Waals surface area contributed by atoms with Crippen molar-refractivity contribution in [2.75, 3.05) is 4.90 Å². The van der Waals surface area contributed by atoms with Gasteiger partial charge in [-0.15, -0.1) is 0 Å². The van der Waals surface area contributed by atoms with E-state index in [0.717, 1.165) is 0 Å². The zero-order valence-electron chi connectivity index (χ0n) is 14.8. The Balaban J connectivity index is 1.68. The van der Waals surface area contributed by atoms with Gasteiger partial charge in [0.1, 0.15) is 11.5 Å². The summed E-state index contributed by atoms with van der Waals surface area (Å²) in [7, 11) is 0. The molecule has 2 heterocycles. The number of anilines is 1. The number of carbonyl (C=O) groups is 1. The van der Waals surface area contributed by atoms with E-state index in [1.54, 1.807) is 41.1 Å². The number of rotatable bonds is 4. The van der Waals surface area contributed by atoms with Crippen molar-refractivity contribution in [1.82, 2.24) is 9.88 Å². The second kappa shape index (κ2) is 7.28. The van der Waals surface area contributed by atoms with Crippen LogP contribution >= 0.6 is 12.2 Å². The topological polar surface area (TPSA) is 80.4 Å². The molecule has 144 valence electrons. The summed E-state index contributed by atoms with van der Waals surface area (Å²) in [6, 6.07) is 15.1. The standard InChI is InChI=1S/C20H13FN4O3S/c21-13-6-8-14(9-7-13)24-19(26)18(22-20(24)29)12-16-5-2-10-23(16)15-3-1-4-17(11-15)25(27)28/h1-12H,(H,22,29)/b18-12+. The quantitative estimate of drug-likeness (QED) is 0.308. The van der Waals surface area contributed by atoms with E-state index in [0.29, 0.717) is 17.1 Å². The highest BCUT2D eigenvalue weighted by Gasteiger charge is 2.32. The summed E-state index contributed by atoms with van der Waals surface area (Å²) >= 11 is 5.25. The van der Waals surface area contributed by atoms with Gasteiger partial charge in [-0.3, -0.25) is 19.8 Å². The Morgan fingerprint density at radius 1 is 1.07 bits per heavy atom. The summed E-state index contributed by atoms with van der Waals surface area (Å²) in [6.07, 6.45) is 3.35. The van der Waals surface area contributed by atoms with Crippen molar-refractivity contribution in [3.63, 3.8) is 0 Å². The molecule has 0 aliphatic carbocycles. The van der Waals surface area contributed by atoms with Crippen LogP contribution in [-0.2, 0) is 4.79 Å². The van der Waals surface area contributed by atoms with Gasteiger partial charge in [0.25, 0.3) is 11.6 Å². The van der Waals surface area contributed by atoms with Crippen molar-refractivity contribution in [1.29, 1.82) is 0 Å². The van der Waals surface area contributed by atoms with E-state index in [9.17, 15) is 19.3 Å². The molecule has 1 aliphatic rings. The zero-order valence-corrected chi connectivity index (χ0v) is 15.6. The monoisotopic (exact) mass is 408 g/mol. The molecule has 1 N–H and O–H groups in total. The maximum Gasteiger partial charge on any atom is 0.281 e. The predicted molar refractivity (Wildman–Crippen MR) is 110 cm³/mol. The number of non-ortho nitro benzene ring substituents is 1. The number of amides is 1. The number of halogens is 1. The van der Waals surface area contributed by atoms with Gasteiger partial charge in [-0.2, -0.15) is 0 Å². The molecule has 29 heavy (non-hydrogen) atoms. The van der Waals surface area contributed by atoms with Crippen molar-refractivity contribution in [3.8, 4) is 5.69 Å². The van der Waals surface area contributed by atoms with Crippen LogP contribution in [0.4, 0.5) is 15.8 Å². The lowest BCUT2D eigenvalue weighted by Gasteiger charge is -2.13. The highest BCUT2D eigenvalue weighted by Crippen LogP contribution is 2.24. The summed E-state index contributed by atoms with van der Waals surface area (Å²) in [4.78, 5) is 24.7. The summed E-state index contributed by atoms with van der Waals surface area (Å²) in [5.74, 6) is -0.793. The first kappa shape index (κ1) is 18.5. The molecular formula is C20H13FN4O3S. The van der Waals surface area contributed by atoms with E-state index in [4.69, 9.17) is 12.2 Å². The lowest BCUT2D eigenvalue weighted by atomic mass is 10.2. The van der Waals surface area contributed by atoms with Gasteiger partial charge in [0, 0.05) is 24.0 Å². The minimum atomic E-state index is -0.466. The van der Waals surface area contributed by atoms with E-state index < -0.39 is 10.7 Å². The van der Waals surface area contributed by atoms with E-state index in [2.05, 4.69) is 5.32 Å². The fourth-order valence-corrected chi connectivity index (χ4v) is 3.31. The summed E-state index contributed by atoms with van der Waals surface area (Å²) in [5, 5.41) is 14.1. The zero-order chi connectivity index (χ0) is 20.5. The maximum atomic E-state index is 13.2. The van der Waals surface area contributed by atoms with Gasteiger partial charge < -0.3 is 9.88 Å². The predicted octanol–water partition coefficient (Wildman–Crippen LogP) is 3.79. The summed E-state index contributed by atoms with van der Waals surface area (Å²) in [6.45, 7) is 0. The van der Waals surface area contributed by atoms with Crippen molar-refractivity contribution in [2.24, 2.45) is 0 Å². The molecule has 7 nitrogen and oxygen atoms in total. The van der Waals surface area contributed by atoms with Crippen molar-refractivity contribution in [3.05, 3.63) is 94.2 Å². The second-order valence-corrected chi connectivity index (χ2v) is 6.57. The first-order chi connectivity index (χ1) is 13.9. The fraction of sp³-hybridized carbons (Fsp3) is 0. The number of nitro benzene ring substituents is 1. The first-order valence-corrected chi connectivity index (χ1v) is 8.90. The Hall–Kier alpha value is -3.85. The van der Waals surface area contributed by atoms with E-state index in [1.165, 1.54) is 41.3 Å². The second-order valence-electron chi connectivity index (χ2n) is 6.19. The number of nitro groups is 1. The van der Waals surface area contributed by atoms with Crippen molar-refractivity contribution in [2.45, 2.75) is 0 Å². The minimum absolute atomic E-state index is 0.0338. The normalized spacial score (nSPS) is 15.1. The maximum absolute atomic E-state index is 13.2. The van der Waals surface area contributed by atoms with Gasteiger partial charge in [-0.25, -0.2) is 4.39 Å². The molecule has 0 spiro atoms. The smallest absolute Gasteiger partial charge is 0.281 e. The van der Waals surface area contributed by atoms with Gasteiger partial charge in [0.15, 0.2) is 5.11 Å². The third-order valence-electron chi connectivity index (χ3n) is 4.35. The van der Waals surface area contributed by atoms with Crippen LogP contribution in [0.15, 0.2) is 72.6 Å². The minimum Gasteiger partial charge on any atom is -0.327 e. The SMILES string of the molecule is O=C1/C(=C\c2cccn2-c2cccc([N+](=O)[O-])c2)NC(=S)N1c1ccc(F)cc1. The highest BCUT2D eigenvalue weighted by atomic mass is 32.1. The van der Waals surface area contributed by atoms with Gasteiger partial charge in [0.05, 0.1) is 16.3 Å². The number of hydrogen-bond acceptors (Lipinski definition) is 4. The van der Waals surface area contributed by atoms with Gasteiger partial charge in [0.2, 0.25) is 0 Å². The third kappa shape index (κ3) is 3.50. The van der Waals surface area contributed by atoms with E-state index in [-0.39, 0.29) is 22.4 Å². The van der Waals surface area contributed by atoms with Crippen LogP contribution in [0.3, 0.4) is 0 Å². The molecular weight excluding hydrogens is 395 g/mol. The molecule has 0 atom stereocenters. The van der Waals surface area contributed by atoms with Crippen LogP contribution in [-0.4, -0.2) is 20.5 Å². The van der Waals surface area contributed by atoms with Crippen molar-refractivity contribution < 1.29 is 14.1 Å². The molecule has 0 unspecified atom stereocenters. The van der Waals surface area contributed by atoms with Gasteiger partial charge in [-0.1, -0.05) is 6.07 Å². The number of nitrogens with zero attached hydrogens (tertiary/aromatic N) is 3. The largest absolute Gasteiger partial charge is 0.327 e. The van der Waals surface area contributed by atoms with E-state index in [1.807, 2.05) is 0 Å². The Labute approximate surface area is 169 Å². The van der Waals surface area contributed by atoms with Crippen LogP contribution in [0.2, 0.25) is 0 Å². The average Bonchev–Trinajstić information content (AvgIpc) is 3.27. The average molecular weight is 408 g/mol. The molecule has 1 aliphatic heterocycles. The van der Waals surface area contributed by atoms with Crippen LogP contribution in [0.5, 0.6) is 0 Å². The van der Waals surface area contributed by atoms with Crippen LogP contribution in [0.1, 0.15) is 5.69 Å². The number of nitrogens with one attached hydrogen (secondary N) is 1. The number of thiocarbonyl (C=S) groups is 1. The Morgan fingerprint density at radius 2 is 1.83 bits per heavy atom. The number of benzene rings is 2. The lowest BCUT2D eigenvalue weighted by molar-refractivity contribution is -0.384. The van der Waals surface area contributed by atoms with Gasteiger partial charge >= 0.3 is 0 Å². The fourth-order valence-electron chi connectivity index (χ4n) is 3.01. The van der Waals surface area contributed by atoms with Crippen LogP contribution in [0.25, 0.3) is 11.8 Å². The van der Waals surface area contributed by atoms with Crippen molar-refractivity contribution >= 4 is 40.7 Å². The molecule has 9 heteroatoms. The Bertz CT molecular complexity index is 1170. The first-order valence-electron chi connectivity index (χ1n) is 8.49. The number of aromatic nitrogens is 1. The molecule has 2 aromatic carbocycles. The molecule has 4 rings (SSSR count). The summed E-state index contributed by atoms with van der Waals surface area (Å²) < 4.78 is 14.9. The van der Waals surface area contributed by atoms with Gasteiger partial charge in [-0.05, 0) is 60.8 Å². The molecule has 1 aromatic heterocycles. The molecule has 0 saturated carbocycles. The van der Waals surface area contributed by atoms with Crippen LogP contribution < -0.4 is 10.2 Å². The number of hydrogen-bond donors (Lipinski definition) is 1. The Morgan fingerprint density at radius 3 is 2.55 bits per heavy atom.